The van der Waals surface area contributed by atoms with Crippen molar-refractivity contribution in [1.29, 1.82) is 0 Å². The minimum atomic E-state index is -1.10. The molecular weight excluding hydrogens is 288 g/mol. The van der Waals surface area contributed by atoms with Crippen molar-refractivity contribution >= 4 is 39.0 Å². The number of nitrogens with zero attached hydrogens (tertiary/aromatic N) is 1. The molecule has 0 bridgehead atoms. The third-order valence-corrected chi connectivity index (χ3v) is 3.93. The highest BCUT2D eigenvalue weighted by molar-refractivity contribution is 7.17. The SMILES string of the molecule is O=C(O)c1ccc(NC(=O)c2csc3ccccc23)cn1. The van der Waals surface area contributed by atoms with Crippen LogP contribution in [0, 0.1) is 0 Å². The van der Waals surface area contributed by atoms with Crippen LogP contribution in [0.1, 0.15) is 20.8 Å². The lowest BCUT2D eigenvalue weighted by molar-refractivity contribution is 0.0690. The lowest BCUT2D eigenvalue weighted by atomic mass is 10.1. The molecule has 0 aliphatic rings. The second kappa shape index (κ2) is 5.34. The first-order chi connectivity index (χ1) is 10.1. The van der Waals surface area contributed by atoms with Crippen LogP contribution in [-0.4, -0.2) is 22.0 Å². The monoisotopic (exact) mass is 298 g/mol. The first-order valence-corrected chi connectivity index (χ1v) is 7.00. The van der Waals surface area contributed by atoms with Crippen LogP contribution in [0.15, 0.2) is 48.0 Å². The number of rotatable bonds is 3. The molecule has 5 nitrogen and oxygen atoms in total. The smallest absolute Gasteiger partial charge is 0.354 e. The standard InChI is InChI=1S/C15H10N2O3S/c18-14(11-8-21-13-4-2-1-3-10(11)13)17-9-5-6-12(15(19)20)16-7-9/h1-8H,(H,17,18)(H,19,20). The number of nitrogens with one attached hydrogen (secondary N) is 1. The number of carbonyl (C=O) groups excluding carboxylic acids is 1. The largest absolute Gasteiger partial charge is 0.477 e. The van der Waals surface area contributed by atoms with Gasteiger partial charge in [0, 0.05) is 15.5 Å². The van der Waals surface area contributed by atoms with Crippen LogP contribution in [0.3, 0.4) is 0 Å². The second-order valence-electron chi connectivity index (χ2n) is 4.34. The van der Waals surface area contributed by atoms with Crippen molar-refractivity contribution in [3.8, 4) is 0 Å². The highest BCUT2D eigenvalue weighted by Gasteiger charge is 2.12. The van der Waals surface area contributed by atoms with Gasteiger partial charge in [-0.15, -0.1) is 11.3 Å². The molecule has 0 radical (unpaired) electrons. The molecule has 3 aromatic rings. The topological polar surface area (TPSA) is 79.3 Å². The molecule has 2 aromatic heterocycles. The fraction of sp³-hybridized carbons (Fsp3) is 0. The van der Waals surface area contributed by atoms with E-state index in [0.29, 0.717) is 11.3 Å². The number of carbonyl (C=O) groups is 2. The molecular formula is C15H10N2O3S. The molecule has 2 heterocycles. The summed E-state index contributed by atoms with van der Waals surface area (Å²) in [6.45, 7) is 0. The van der Waals surface area contributed by atoms with Crippen LogP contribution >= 0.6 is 11.3 Å². The van der Waals surface area contributed by atoms with E-state index >= 15 is 0 Å². The number of hydrogen-bond acceptors (Lipinski definition) is 4. The molecule has 2 N–H and O–H groups in total. The van der Waals surface area contributed by atoms with Gasteiger partial charge in [-0.3, -0.25) is 4.79 Å². The summed E-state index contributed by atoms with van der Waals surface area (Å²) in [5.74, 6) is -1.34. The van der Waals surface area contributed by atoms with Gasteiger partial charge in [0.2, 0.25) is 0 Å². The Morgan fingerprint density at radius 2 is 1.95 bits per heavy atom. The summed E-state index contributed by atoms with van der Waals surface area (Å²) in [6, 6.07) is 10.5. The number of anilines is 1. The number of carboxylic acids is 1. The molecule has 0 saturated carbocycles. The molecule has 0 unspecified atom stereocenters. The molecule has 6 heteroatoms. The van der Waals surface area contributed by atoms with E-state index in [1.165, 1.54) is 29.7 Å². The molecule has 0 aliphatic carbocycles. The van der Waals surface area contributed by atoms with Gasteiger partial charge in [-0.1, -0.05) is 18.2 Å². The number of thiophene rings is 1. The minimum absolute atomic E-state index is 0.0611. The average Bonchev–Trinajstić information content (AvgIpc) is 2.92. The van der Waals surface area contributed by atoms with Crippen LogP contribution < -0.4 is 5.32 Å². The van der Waals surface area contributed by atoms with Crippen LogP contribution in [0.5, 0.6) is 0 Å². The number of pyridine rings is 1. The highest BCUT2D eigenvalue weighted by atomic mass is 32.1. The lowest BCUT2D eigenvalue weighted by Crippen LogP contribution is -2.12. The van der Waals surface area contributed by atoms with Crippen molar-refractivity contribution in [2.24, 2.45) is 0 Å². The first kappa shape index (κ1) is 13.3. The molecule has 21 heavy (non-hydrogen) atoms. The zero-order chi connectivity index (χ0) is 14.8. The van der Waals surface area contributed by atoms with Gasteiger partial charge in [-0.05, 0) is 18.2 Å². The molecule has 0 aliphatic heterocycles. The van der Waals surface area contributed by atoms with Crippen LogP contribution in [0.2, 0.25) is 0 Å². The van der Waals surface area contributed by atoms with Gasteiger partial charge in [0.25, 0.3) is 5.91 Å². The van der Waals surface area contributed by atoms with Crippen molar-refractivity contribution < 1.29 is 14.7 Å². The summed E-state index contributed by atoms with van der Waals surface area (Å²) in [5.41, 5.74) is 0.993. The molecule has 3 rings (SSSR count). The predicted octanol–water partition coefficient (Wildman–Crippen LogP) is 3.25. The van der Waals surface area contributed by atoms with E-state index in [-0.39, 0.29) is 11.6 Å². The predicted molar refractivity (Wildman–Crippen MR) is 81.0 cm³/mol. The van der Waals surface area contributed by atoms with Crippen molar-refractivity contribution in [2.75, 3.05) is 5.32 Å². The first-order valence-electron chi connectivity index (χ1n) is 6.12. The Labute approximate surface area is 123 Å². The zero-order valence-electron chi connectivity index (χ0n) is 10.7. The van der Waals surface area contributed by atoms with E-state index in [0.717, 1.165) is 10.1 Å². The molecule has 0 atom stereocenters. The third kappa shape index (κ3) is 2.61. The molecule has 0 saturated heterocycles. The summed E-state index contributed by atoms with van der Waals surface area (Å²) >= 11 is 1.51. The molecule has 104 valence electrons. The maximum Gasteiger partial charge on any atom is 0.354 e. The number of hydrogen-bond donors (Lipinski definition) is 2. The van der Waals surface area contributed by atoms with Gasteiger partial charge in [0.05, 0.1) is 17.4 Å². The Morgan fingerprint density at radius 3 is 2.67 bits per heavy atom. The number of aromatic carboxylic acids is 1. The average molecular weight is 298 g/mol. The normalized spacial score (nSPS) is 10.5. The number of carboxylic acid groups (broad SMARTS) is 1. The lowest BCUT2D eigenvalue weighted by Gasteiger charge is -2.04. The van der Waals surface area contributed by atoms with E-state index in [1.807, 2.05) is 24.3 Å². The van der Waals surface area contributed by atoms with Gasteiger partial charge < -0.3 is 10.4 Å². The van der Waals surface area contributed by atoms with Crippen molar-refractivity contribution in [2.45, 2.75) is 0 Å². The Balaban J connectivity index is 1.84. The number of aromatic nitrogens is 1. The zero-order valence-corrected chi connectivity index (χ0v) is 11.6. The van der Waals surface area contributed by atoms with Crippen LogP contribution in [0.25, 0.3) is 10.1 Å². The maximum atomic E-state index is 12.3. The van der Waals surface area contributed by atoms with Crippen molar-refractivity contribution in [1.82, 2.24) is 4.98 Å². The molecule has 1 aromatic carbocycles. The Morgan fingerprint density at radius 1 is 1.14 bits per heavy atom. The van der Waals surface area contributed by atoms with E-state index in [9.17, 15) is 9.59 Å². The van der Waals surface area contributed by atoms with E-state index in [4.69, 9.17) is 5.11 Å². The van der Waals surface area contributed by atoms with Gasteiger partial charge >= 0.3 is 5.97 Å². The van der Waals surface area contributed by atoms with E-state index in [1.54, 1.807) is 5.38 Å². The Hall–Kier alpha value is -2.73. The summed E-state index contributed by atoms with van der Waals surface area (Å²) in [6.07, 6.45) is 1.33. The quantitative estimate of drug-likeness (QED) is 0.778. The van der Waals surface area contributed by atoms with Crippen molar-refractivity contribution in [3.05, 3.63) is 59.2 Å². The summed E-state index contributed by atoms with van der Waals surface area (Å²) in [5, 5.41) is 14.2. The second-order valence-corrected chi connectivity index (χ2v) is 5.25. The fourth-order valence-corrected chi connectivity index (χ4v) is 2.89. The van der Waals surface area contributed by atoms with Gasteiger partial charge in [-0.2, -0.15) is 0 Å². The summed E-state index contributed by atoms with van der Waals surface area (Å²) in [7, 11) is 0. The summed E-state index contributed by atoms with van der Waals surface area (Å²) in [4.78, 5) is 26.7. The Kier molecular flexibility index (Phi) is 3.37. The number of benzene rings is 1. The van der Waals surface area contributed by atoms with E-state index in [2.05, 4.69) is 10.3 Å². The minimum Gasteiger partial charge on any atom is -0.477 e. The molecule has 0 spiro atoms. The Bertz CT molecular complexity index is 824. The fourth-order valence-electron chi connectivity index (χ4n) is 1.95. The third-order valence-electron chi connectivity index (χ3n) is 2.97. The number of fused-ring (bicyclic) bond motifs is 1. The number of amides is 1. The van der Waals surface area contributed by atoms with Crippen LogP contribution in [-0.2, 0) is 0 Å². The molecule has 0 fully saturated rings. The van der Waals surface area contributed by atoms with Gasteiger partial charge in [0.15, 0.2) is 0 Å². The molecule has 1 amide bonds. The summed E-state index contributed by atoms with van der Waals surface area (Å²) < 4.78 is 1.04. The highest BCUT2D eigenvalue weighted by Crippen LogP contribution is 2.26. The maximum absolute atomic E-state index is 12.3. The van der Waals surface area contributed by atoms with E-state index < -0.39 is 5.97 Å². The van der Waals surface area contributed by atoms with Crippen LogP contribution in [0.4, 0.5) is 5.69 Å². The van der Waals surface area contributed by atoms with Crippen molar-refractivity contribution in [3.63, 3.8) is 0 Å². The van der Waals surface area contributed by atoms with Gasteiger partial charge in [-0.25, -0.2) is 9.78 Å². The van der Waals surface area contributed by atoms with Gasteiger partial charge in [0.1, 0.15) is 5.69 Å².